The summed E-state index contributed by atoms with van der Waals surface area (Å²) in [4.78, 5) is 26.6. The summed E-state index contributed by atoms with van der Waals surface area (Å²) in [6.45, 7) is 3.38. The van der Waals surface area contributed by atoms with Crippen LogP contribution >= 0.6 is 11.8 Å². The van der Waals surface area contributed by atoms with E-state index < -0.39 is 12.2 Å². The lowest BCUT2D eigenvalue weighted by molar-refractivity contribution is -0.119. The third-order valence-electron chi connectivity index (χ3n) is 5.55. The van der Waals surface area contributed by atoms with Crippen LogP contribution < -0.4 is 26.3 Å². The molecule has 162 valence electrons. The third kappa shape index (κ3) is 4.40. The minimum Gasteiger partial charge on any atom is -0.442 e. The summed E-state index contributed by atoms with van der Waals surface area (Å²) in [5.41, 5.74) is 9.76. The van der Waals surface area contributed by atoms with Gasteiger partial charge in [-0.2, -0.15) is 5.10 Å². The molecule has 0 spiro atoms. The fraction of sp³-hybridized carbons (Fsp3) is 0.526. The fourth-order valence-corrected chi connectivity index (χ4v) is 4.91. The number of amides is 2. The van der Waals surface area contributed by atoms with E-state index >= 15 is 0 Å². The Hall–Kier alpha value is -2.69. The first kappa shape index (κ1) is 20.6. The SMILES string of the molecule is CC(=O)NCC1CN(c2ccc(N3CCC(C4NN=C(N)S4)CC3)c(F)c2)C(=O)O1. The normalized spacial score (nSPS) is 24.5. The van der Waals surface area contributed by atoms with Gasteiger partial charge in [0.25, 0.3) is 0 Å². The van der Waals surface area contributed by atoms with Gasteiger partial charge in [0.1, 0.15) is 11.9 Å². The second-order valence-corrected chi connectivity index (χ2v) is 8.79. The van der Waals surface area contributed by atoms with Gasteiger partial charge >= 0.3 is 6.09 Å². The zero-order valence-electron chi connectivity index (χ0n) is 16.6. The molecule has 1 aromatic rings. The molecule has 11 heteroatoms. The number of rotatable bonds is 5. The minimum absolute atomic E-state index is 0.186. The van der Waals surface area contributed by atoms with Gasteiger partial charge in [-0.25, -0.2) is 9.18 Å². The summed E-state index contributed by atoms with van der Waals surface area (Å²) in [5, 5.41) is 7.40. The van der Waals surface area contributed by atoms with Crippen LogP contribution in [0.4, 0.5) is 20.6 Å². The van der Waals surface area contributed by atoms with Crippen molar-refractivity contribution >= 4 is 40.3 Å². The Morgan fingerprint density at radius 1 is 1.43 bits per heavy atom. The first-order chi connectivity index (χ1) is 14.4. The molecule has 4 rings (SSSR count). The topological polar surface area (TPSA) is 112 Å². The lowest BCUT2D eigenvalue weighted by Crippen LogP contribution is -2.40. The van der Waals surface area contributed by atoms with E-state index in [2.05, 4.69) is 15.8 Å². The first-order valence-corrected chi connectivity index (χ1v) is 10.8. The van der Waals surface area contributed by atoms with E-state index in [0.29, 0.717) is 22.5 Å². The van der Waals surface area contributed by atoms with Gasteiger partial charge in [-0.05, 0) is 37.0 Å². The molecule has 2 unspecified atom stereocenters. The quantitative estimate of drug-likeness (QED) is 0.640. The molecule has 3 heterocycles. The number of hydrogen-bond donors (Lipinski definition) is 3. The van der Waals surface area contributed by atoms with E-state index in [9.17, 15) is 14.0 Å². The minimum atomic E-state index is -0.540. The molecule has 2 amide bonds. The van der Waals surface area contributed by atoms with Crippen LogP contribution in [0.2, 0.25) is 0 Å². The molecule has 3 aliphatic heterocycles. The van der Waals surface area contributed by atoms with Crippen molar-refractivity contribution < 1.29 is 18.7 Å². The highest BCUT2D eigenvalue weighted by atomic mass is 32.2. The van der Waals surface area contributed by atoms with Crippen LogP contribution in [0, 0.1) is 11.7 Å². The Labute approximate surface area is 178 Å². The van der Waals surface area contributed by atoms with Gasteiger partial charge < -0.3 is 20.7 Å². The molecular weight excluding hydrogens is 411 g/mol. The molecule has 2 atom stereocenters. The molecule has 1 aromatic carbocycles. The second kappa shape index (κ2) is 8.58. The van der Waals surface area contributed by atoms with Crippen molar-refractivity contribution in [3.63, 3.8) is 0 Å². The average Bonchev–Trinajstić information content (AvgIpc) is 3.32. The third-order valence-corrected chi connectivity index (χ3v) is 6.63. The summed E-state index contributed by atoms with van der Waals surface area (Å²) < 4.78 is 20.1. The Morgan fingerprint density at radius 3 is 2.83 bits per heavy atom. The predicted octanol–water partition coefficient (Wildman–Crippen LogP) is 1.40. The van der Waals surface area contributed by atoms with Crippen LogP contribution in [0.15, 0.2) is 23.3 Å². The molecule has 0 saturated carbocycles. The number of nitrogens with two attached hydrogens (primary N) is 1. The molecule has 0 aliphatic carbocycles. The maximum Gasteiger partial charge on any atom is 0.414 e. The van der Waals surface area contributed by atoms with Crippen LogP contribution in [0.25, 0.3) is 0 Å². The number of hydrogen-bond acceptors (Lipinski definition) is 8. The molecule has 0 bridgehead atoms. The van der Waals surface area contributed by atoms with Crippen LogP contribution in [0.1, 0.15) is 19.8 Å². The maximum atomic E-state index is 14.9. The van der Waals surface area contributed by atoms with Gasteiger partial charge in [0, 0.05) is 20.0 Å². The fourth-order valence-electron chi connectivity index (χ4n) is 3.97. The van der Waals surface area contributed by atoms with Crippen LogP contribution in [0.5, 0.6) is 0 Å². The summed E-state index contributed by atoms with van der Waals surface area (Å²) >= 11 is 1.55. The Bertz CT molecular complexity index is 861. The van der Waals surface area contributed by atoms with E-state index in [1.165, 1.54) is 17.9 Å². The van der Waals surface area contributed by atoms with Crippen molar-refractivity contribution in [2.75, 3.05) is 36.0 Å². The summed E-state index contributed by atoms with van der Waals surface area (Å²) in [6.07, 6.45) is 0.834. The van der Waals surface area contributed by atoms with Gasteiger partial charge in [0.15, 0.2) is 5.17 Å². The standard InChI is InChI=1S/C19H25FN6O3S/c1-11(27)22-9-14-10-26(19(28)29-14)13-2-3-16(15(20)8-13)25-6-4-12(5-7-25)17-23-24-18(21)30-17/h2-3,8,12,14,17,23H,4-7,9-10H2,1H3,(H2,21,24)(H,22,27). The number of amidine groups is 1. The number of benzene rings is 1. The van der Waals surface area contributed by atoms with Crippen molar-refractivity contribution in [1.82, 2.24) is 10.7 Å². The van der Waals surface area contributed by atoms with Crippen molar-refractivity contribution in [2.45, 2.75) is 31.2 Å². The van der Waals surface area contributed by atoms with Crippen molar-refractivity contribution in [3.8, 4) is 0 Å². The zero-order chi connectivity index (χ0) is 21.3. The van der Waals surface area contributed by atoms with E-state index in [1.54, 1.807) is 23.9 Å². The van der Waals surface area contributed by atoms with Crippen molar-refractivity contribution in [1.29, 1.82) is 0 Å². The molecule has 9 nitrogen and oxygen atoms in total. The maximum absolute atomic E-state index is 14.9. The number of carbonyl (C=O) groups excluding carboxylic acids is 2. The van der Waals surface area contributed by atoms with E-state index in [4.69, 9.17) is 10.5 Å². The van der Waals surface area contributed by atoms with Gasteiger partial charge in [-0.15, -0.1) is 0 Å². The molecule has 2 saturated heterocycles. The molecular formula is C19H25FN6O3S. The zero-order valence-corrected chi connectivity index (χ0v) is 17.5. The monoisotopic (exact) mass is 436 g/mol. The average molecular weight is 437 g/mol. The number of piperidine rings is 1. The van der Waals surface area contributed by atoms with Gasteiger partial charge in [0.05, 0.1) is 29.8 Å². The number of halogens is 1. The number of nitrogens with zero attached hydrogens (tertiary/aromatic N) is 3. The number of thioether (sulfide) groups is 1. The van der Waals surface area contributed by atoms with E-state index in [-0.39, 0.29) is 30.2 Å². The van der Waals surface area contributed by atoms with Gasteiger partial charge in [0.2, 0.25) is 5.91 Å². The molecule has 2 fully saturated rings. The van der Waals surface area contributed by atoms with Crippen LogP contribution in [0.3, 0.4) is 0 Å². The molecule has 0 aromatic heterocycles. The number of ether oxygens (including phenoxy) is 1. The molecule has 3 aliphatic rings. The van der Waals surface area contributed by atoms with E-state index in [1.807, 2.05) is 4.90 Å². The molecule has 0 radical (unpaired) electrons. The van der Waals surface area contributed by atoms with Gasteiger partial charge in [-0.3, -0.25) is 15.1 Å². The molecule has 30 heavy (non-hydrogen) atoms. The Kier molecular flexibility index (Phi) is 5.89. The first-order valence-electron chi connectivity index (χ1n) is 9.93. The van der Waals surface area contributed by atoms with Crippen LogP contribution in [-0.4, -0.2) is 54.8 Å². The summed E-state index contributed by atoms with van der Waals surface area (Å²) in [7, 11) is 0. The highest BCUT2D eigenvalue weighted by molar-refractivity contribution is 8.14. The number of hydrazone groups is 1. The largest absolute Gasteiger partial charge is 0.442 e. The highest BCUT2D eigenvalue weighted by Gasteiger charge is 2.34. The lowest BCUT2D eigenvalue weighted by atomic mass is 9.96. The van der Waals surface area contributed by atoms with Gasteiger partial charge in [-0.1, -0.05) is 11.8 Å². The number of cyclic esters (lactones) is 1. The van der Waals surface area contributed by atoms with Crippen LogP contribution in [-0.2, 0) is 9.53 Å². The highest BCUT2D eigenvalue weighted by Crippen LogP contribution is 2.34. The number of carbonyl (C=O) groups is 2. The molecule has 4 N–H and O–H groups in total. The second-order valence-electron chi connectivity index (χ2n) is 7.63. The van der Waals surface area contributed by atoms with Crippen molar-refractivity contribution in [3.05, 3.63) is 24.0 Å². The number of anilines is 2. The van der Waals surface area contributed by atoms with Crippen molar-refractivity contribution in [2.24, 2.45) is 16.8 Å². The number of nitrogens with one attached hydrogen (secondary N) is 2. The Morgan fingerprint density at radius 2 is 2.20 bits per heavy atom. The summed E-state index contributed by atoms with van der Waals surface area (Å²) in [5.74, 6) is -0.134. The van der Waals surface area contributed by atoms with E-state index in [0.717, 1.165) is 25.9 Å². The smallest absolute Gasteiger partial charge is 0.414 e. The lowest BCUT2D eigenvalue weighted by Gasteiger charge is -2.35. The summed E-state index contributed by atoms with van der Waals surface area (Å²) in [6, 6.07) is 4.81. The Balaban J connectivity index is 1.36. The predicted molar refractivity (Wildman–Crippen MR) is 114 cm³/mol.